The van der Waals surface area contributed by atoms with Gasteiger partial charge in [-0.05, 0) is 56.3 Å². The Morgan fingerprint density at radius 1 is 1.05 bits per heavy atom. The topological polar surface area (TPSA) is 128 Å². The molecule has 0 aliphatic carbocycles. The van der Waals surface area contributed by atoms with Crippen LogP contribution in [0.4, 0.5) is 0 Å². The lowest BCUT2D eigenvalue weighted by atomic mass is 9.72. The molecule has 0 spiro atoms. The van der Waals surface area contributed by atoms with Crippen molar-refractivity contribution in [2.24, 2.45) is 17.3 Å². The zero-order valence-corrected chi connectivity index (χ0v) is 23.7. The maximum atomic E-state index is 13.0. The number of allylic oxidation sites excluding steroid dienone is 1. The molecule has 1 fully saturated rings. The number of aliphatic hydroxyl groups is 1. The summed E-state index contributed by atoms with van der Waals surface area (Å²) < 4.78 is 0. The van der Waals surface area contributed by atoms with Crippen molar-refractivity contribution >= 4 is 23.6 Å². The summed E-state index contributed by atoms with van der Waals surface area (Å²) in [6.07, 6.45) is 6.47. The van der Waals surface area contributed by atoms with E-state index in [1.54, 1.807) is 0 Å². The van der Waals surface area contributed by atoms with Crippen LogP contribution >= 0.6 is 0 Å². The van der Waals surface area contributed by atoms with E-state index in [4.69, 9.17) is 5.11 Å². The van der Waals surface area contributed by atoms with Gasteiger partial charge < -0.3 is 26.0 Å². The zero-order chi connectivity index (χ0) is 28.0. The van der Waals surface area contributed by atoms with Gasteiger partial charge in [-0.1, -0.05) is 47.6 Å². The van der Waals surface area contributed by atoms with Crippen molar-refractivity contribution in [3.05, 3.63) is 12.3 Å². The van der Waals surface area contributed by atoms with E-state index in [1.165, 1.54) is 0 Å². The van der Waals surface area contributed by atoms with Crippen LogP contribution in [0.25, 0.3) is 0 Å². The first-order chi connectivity index (χ1) is 17.5. The van der Waals surface area contributed by atoms with Gasteiger partial charge in [-0.2, -0.15) is 0 Å². The molecule has 9 nitrogen and oxygen atoms in total. The third-order valence-corrected chi connectivity index (χ3v) is 7.72. The molecule has 37 heavy (non-hydrogen) atoms. The van der Waals surface area contributed by atoms with E-state index < -0.39 is 6.04 Å². The molecular weight excluding hydrogens is 472 g/mol. The first-order valence-electron chi connectivity index (χ1n) is 13.9. The van der Waals surface area contributed by atoms with Gasteiger partial charge in [-0.3, -0.25) is 19.2 Å². The zero-order valence-electron chi connectivity index (χ0n) is 23.7. The number of nitrogens with zero attached hydrogens (tertiary/aromatic N) is 1. The Morgan fingerprint density at radius 2 is 1.73 bits per heavy atom. The Bertz CT molecular complexity index is 779. The van der Waals surface area contributed by atoms with Gasteiger partial charge in [0.1, 0.15) is 6.04 Å². The fraction of sp³-hybridized carbons (Fsp3) is 0.786. The van der Waals surface area contributed by atoms with Crippen LogP contribution in [0.15, 0.2) is 12.3 Å². The Morgan fingerprint density at radius 3 is 2.32 bits per heavy atom. The third kappa shape index (κ3) is 10.5. The number of aliphatic hydroxyl groups excluding tert-OH is 1. The van der Waals surface area contributed by atoms with E-state index in [0.717, 1.165) is 37.8 Å². The summed E-state index contributed by atoms with van der Waals surface area (Å²) in [6.45, 7) is 15.3. The minimum atomic E-state index is -0.719. The highest BCUT2D eigenvalue weighted by Gasteiger charge is 2.44. The fourth-order valence-electron chi connectivity index (χ4n) is 4.65. The fourth-order valence-corrected chi connectivity index (χ4v) is 4.65. The van der Waals surface area contributed by atoms with Crippen molar-refractivity contribution in [1.29, 1.82) is 0 Å². The van der Waals surface area contributed by atoms with Crippen molar-refractivity contribution in [2.45, 2.75) is 98.4 Å². The van der Waals surface area contributed by atoms with Crippen molar-refractivity contribution < 1.29 is 24.3 Å². The number of likely N-dealkylation sites (tertiary alicyclic amines) is 1. The van der Waals surface area contributed by atoms with Crippen LogP contribution in [0.3, 0.4) is 0 Å². The molecule has 2 atom stereocenters. The normalized spacial score (nSPS) is 16.7. The van der Waals surface area contributed by atoms with E-state index in [0.29, 0.717) is 38.8 Å². The molecule has 1 aliphatic rings. The second-order valence-electron chi connectivity index (χ2n) is 10.8. The minimum Gasteiger partial charge on any atom is -0.396 e. The summed E-state index contributed by atoms with van der Waals surface area (Å²) in [6, 6.07) is -0.719. The van der Waals surface area contributed by atoms with Crippen molar-refractivity contribution in [2.75, 3.05) is 26.2 Å². The van der Waals surface area contributed by atoms with Gasteiger partial charge in [-0.25, -0.2) is 0 Å². The molecule has 4 amide bonds. The Hall–Kier alpha value is -2.42. The standard InChI is InChI=1S/C28H50N4O5/c1-7-28(6,8-2)22-18-21(5)32(27(22)37)16-12-9-10-14-23(34)31-25(20(3)4)26(36)30-19-24(35)29-15-11-13-17-33/h20,22,25,33H,5,7-19H2,1-4,6H3,(H,29,35)(H,30,36)(H,31,34)/t22-,25-/m0/s1. The minimum absolute atomic E-state index is 0.00257. The van der Waals surface area contributed by atoms with Gasteiger partial charge in [-0.15, -0.1) is 0 Å². The van der Waals surface area contributed by atoms with Gasteiger partial charge in [0.05, 0.1) is 6.54 Å². The first kappa shape index (κ1) is 32.6. The number of amides is 4. The first-order valence-corrected chi connectivity index (χ1v) is 13.9. The molecule has 0 bridgehead atoms. The van der Waals surface area contributed by atoms with Crippen LogP contribution in [-0.2, 0) is 19.2 Å². The second-order valence-corrected chi connectivity index (χ2v) is 10.8. The molecule has 4 N–H and O–H groups in total. The molecule has 1 rings (SSSR count). The summed E-state index contributed by atoms with van der Waals surface area (Å²) in [5.74, 6) is -0.852. The van der Waals surface area contributed by atoms with Crippen LogP contribution in [0.5, 0.6) is 0 Å². The average molecular weight is 523 g/mol. The van der Waals surface area contributed by atoms with Crippen molar-refractivity contribution in [3.8, 4) is 0 Å². The predicted octanol–water partition coefficient (Wildman–Crippen LogP) is 2.88. The van der Waals surface area contributed by atoms with Crippen LogP contribution < -0.4 is 16.0 Å². The number of rotatable bonds is 18. The molecule has 1 heterocycles. The Balaban J connectivity index is 2.38. The lowest BCUT2D eigenvalue weighted by Crippen LogP contribution is -2.51. The van der Waals surface area contributed by atoms with E-state index >= 15 is 0 Å². The largest absolute Gasteiger partial charge is 0.396 e. The summed E-state index contributed by atoms with van der Waals surface area (Å²) in [5, 5.41) is 16.8. The van der Waals surface area contributed by atoms with Gasteiger partial charge >= 0.3 is 0 Å². The van der Waals surface area contributed by atoms with Gasteiger partial charge in [0.2, 0.25) is 23.6 Å². The average Bonchev–Trinajstić information content (AvgIpc) is 3.16. The number of carbonyl (C=O) groups is 4. The molecule has 0 radical (unpaired) electrons. The van der Waals surface area contributed by atoms with E-state index in [9.17, 15) is 19.2 Å². The molecule has 0 aromatic carbocycles. The van der Waals surface area contributed by atoms with Crippen LogP contribution in [0.1, 0.15) is 92.4 Å². The number of hydrogen-bond acceptors (Lipinski definition) is 5. The molecule has 0 saturated carbocycles. The Kier molecular flexibility index (Phi) is 14.5. The predicted molar refractivity (Wildman–Crippen MR) is 145 cm³/mol. The van der Waals surface area contributed by atoms with E-state index in [1.807, 2.05) is 18.7 Å². The summed E-state index contributed by atoms with van der Waals surface area (Å²) in [4.78, 5) is 51.7. The van der Waals surface area contributed by atoms with Crippen molar-refractivity contribution in [3.63, 3.8) is 0 Å². The molecular formula is C28H50N4O5. The van der Waals surface area contributed by atoms with Crippen LogP contribution in [-0.4, -0.2) is 65.9 Å². The van der Waals surface area contributed by atoms with Gasteiger partial charge in [0, 0.05) is 37.7 Å². The maximum Gasteiger partial charge on any atom is 0.243 e. The van der Waals surface area contributed by atoms with Gasteiger partial charge in [0.15, 0.2) is 0 Å². The quantitative estimate of drug-likeness (QED) is 0.206. The Labute approximate surface area is 223 Å². The SMILES string of the molecule is C=C1C[C@H](C(C)(CC)CC)C(=O)N1CCCCCC(=O)N[C@H](C(=O)NCC(=O)NCCCCO)C(C)C. The molecule has 0 aromatic rings. The van der Waals surface area contributed by atoms with Crippen LogP contribution in [0, 0.1) is 17.3 Å². The smallest absolute Gasteiger partial charge is 0.243 e. The monoisotopic (exact) mass is 522 g/mol. The summed E-state index contributed by atoms with van der Waals surface area (Å²) in [5.41, 5.74) is 0.890. The second kappa shape index (κ2) is 16.4. The maximum absolute atomic E-state index is 13.0. The molecule has 1 aliphatic heterocycles. The van der Waals surface area contributed by atoms with E-state index in [-0.39, 0.29) is 54.0 Å². The molecule has 212 valence electrons. The molecule has 0 unspecified atom stereocenters. The highest BCUT2D eigenvalue weighted by atomic mass is 16.3. The molecule has 0 aromatic heterocycles. The van der Waals surface area contributed by atoms with Crippen molar-refractivity contribution in [1.82, 2.24) is 20.9 Å². The summed E-state index contributed by atoms with van der Waals surface area (Å²) >= 11 is 0. The number of hydrogen-bond donors (Lipinski definition) is 4. The summed E-state index contributed by atoms with van der Waals surface area (Å²) in [7, 11) is 0. The third-order valence-electron chi connectivity index (χ3n) is 7.72. The lowest BCUT2D eigenvalue weighted by Gasteiger charge is -2.32. The number of carbonyl (C=O) groups excluding carboxylic acids is 4. The van der Waals surface area contributed by atoms with Gasteiger partial charge in [0.25, 0.3) is 0 Å². The highest BCUT2D eigenvalue weighted by Crippen LogP contribution is 2.44. The molecule has 1 saturated heterocycles. The lowest BCUT2D eigenvalue weighted by molar-refractivity contribution is -0.134. The number of unbranched alkanes of at least 4 members (excludes halogenated alkanes) is 3. The highest BCUT2D eigenvalue weighted by molar-refractivity contribution is 5.90. The molecule has 9 heteroatoms. The van der Waals surface area contributed by atoms with E-state index in [2.05, 4.69) is 43.3 Å². The number of nitrogens with one attached hydrogen (secondary N) is 3. The van der Waals surface area contributed by atoms with Crippen LogP contribution in [0.2, 0.25) is 0 Å².